The fourth-order valence-corrected chi connectivity index (χ4v) is 2.93. The maximum Gasteiger partial charge on any atom is 0.253 e. The van der Waals surface area contributed by atoms with Gasteiger partial charge in [0, 0.05) is 44.6 Å². The topological polar surface area (TPSA) is 60.9 Å². The molecule has 122 valence electrons. The summed E-state index contributed by atoms with van der Waals surface area (Å²) in [6.45, 7) is 3.56. The van der Waals surface area contributed by atoms with Gasteiger partial charge in [-0.05, 0) is 24.7 Å². The highest BCUT2D eigenvalue weighted by molar-refractivity contribution is 6.01. The fraction of sp³-hybridized carbons (Fsp3) is 0.471. The first-order valence-corrected chi connectivity index (χ1v) is 7.94. The number of hydrogen-bond donors (Lipinski definition) is 0. The van der Waals surface area contributed by atoms with E-state index in [-0.39, 0.29) is 17.7 Å². The molecule has 0 saturated carbocycles. The monoisotopic (exact) mass is 315 g/mol. The van der Waals surface area contributed by atoms with Crippen LogP contribution >= 0.6 is 0 Å². The number of likely N-dealkylation sites (tertiary alicyclic amines) is 1. The second-order valence-electron chi connectivity index (χ2n) is 6.17. The highest BCUT2D eigenvalue weighted by Crippen LogP contribution is 2.17. The highest BCUT2D eigenvalue weighted by Gasteiger charge is 2.28. The largest absolute Gasteiger partial charge is 0.336 e. The molecule has 6 heteroatoms. The van der Waals surface area contributed by atoms with Gasteiger partial charge in [-0.2, -0.15) is 0 Å². The normalized spacial score (nSPS) is 19.5. The van der Waals surface area contributed by atoms with Crippen LogP contribution < -0.4 is 0 Å². The van der Waals surface area contributed by atoms with E-state index in [9.17, 15) is 14.4 Å². The van der Waals surface area contributed by atoms with Gasteiger partial charge in [-0.25, -0.2) is 0 Å². The molecule has 0 atom stereocenters. The second kappa shape index (κ2) is 6.50. The molecule has 3 amide bonds. The highest BCUT2D eigenvalue weighted by atomic mass is 16.2. The summed E-state index contributed by atoms with van der Waals surface area (Å²) in [6.07, 6.45) is 0.609. The zero-order valence-electron chi connectivity index (χ0n) is 13.3. The van der Waals surface area contributed by atoms with Gasteiger partial charge < -0.3 is 9.80 Å². The Kier molecular flexibility index (Phi) is 4.43. The molecule has 2 fully saturated rings. The second-order valence-corrected chi connectivity index (χ2v) is 6.17. The molecule has 0 aliphatic carbocycles. The molecule has 3 rings (SSSR count). The van der Waals surface area contributed by atoms with E-state index >= 15 is 0 Å². The lowest BCUT2D eigenvalue weighted by Gasteiger charge is -2.32. The van der Waals surface area contributed by atoms with Crippen LogP contribution in [0.25, 0.3) is 0 Å². The molecular weight excluding hydrogens is 294 g/mol. The van der Waals surface area contributed by atoms with E-state index in [1.807, 2.05) is 17.0 Å². The Morgan fingerprint density at radius 2 is 1.52 bits per heavy atom. The van der Waals surface area contributed by atoms with Crippen LogP contribution in [0.4, 0.5) is 0 Å². The van der Waals surface area contributed by atoms with Gasteiger partial charge in [0.15, 0.2) is 0 Å². The van der Waals surface area contributed by atoms with Crippen molar-refractivity contribution in [2.45, 2.75) is 19.4 Å². The summed E-state index contributed by atoms with van der Waals surface area (Å²) in [6, 6.07) is 7.20. The molecule has 2 saturated heterocycles. The summed E-state index contributed by atoms with van der Waals surface area (Å²) in [4.78, 5) is 41.1. The van der Waals surface area contributed by atoms with E-state index in [1.165, 1.54) is 4.90 Å². The van der Waals surface area contributed by atoms with Crippen molar-refractivity contribution >= 4 is 17.7 Å². The van der Waals surface area contributed by atoms with Gasteiger partial charge in [-0.3, -0.25) is 19.3 Å². The predicted octanol–water partition coefficient (Wildman–Crippen LogP) is 0.723. The lowest BCUT2D eigenvalue weighted by Crippen LogP contribution is -2.47. The minimum Gasteiger partial charge on any atom is -0.336 e. The number of carbonyl (C=O) groups is 3. The molecule has 0 aromatic heterocycles. The first-order chi connectivity index (χ1) is 11.0. The van der Waals surface area contributed by atoms with Crippen LogP contribution in [0, 0.1) is 0 Å². The molecular formula is C17H21N3O3. The number of amides is 3. The van der Waals surface area contributed by atoms with Crippen molar-refractivity contribution in [1.29, 1.82) is 0 Å². The van der Waals surface area contributed by atoms with Crippen LogP contribution in [0.3, 0.4) is 0 Å². The molecule has 0 spiro atoms. The lowest BCUT2D eigenvalue weighted by atomic mass is 10.1. The number of hydrogen-bond acceptors (Lipinski definition) is 4. The first-order valence-electron chi connectivity index (χ1n) is 7.94. The quantitative estimate of drug-likeness (QED) is 0.771. The van der Waals surface area contributed by atoms with E-state index in [1.54, 1.807) is 12.1 Å². The number of rotatable bonds is 3. The maximum atomic E-state index is 12.5. The molecule has 1 aromatic rings. The maximum absolute atomic E-state index is 12.5. The van der Waals surface area contributed by atoms with Crippen LogP contribution in [-0.2, 0) is 16.1 Å². The average molecular weight is 315 g/mol. The van der Waals surface area contributed by atoms with Crippen molar-refractivity contribution in [3.63, 3.8) is 0 Å². The van der Waals surface area contributed by atoms with Gasteiger partial charge in [0.05, 0.1) is 6.54 Å². The number of nitrogens with zero attached hydrogens (tertiary/aromatic N) is 3. The van der Waals surface area contributed by atoms with E-state index in [2.05, 4.69) is 11.9 Å². The van der Waals surface area contributed by atoms with Gasteiger partial charge in [0.1, 0.15) is 0 Å². The summed E-state index contributed by atoms with van der Waals surface area (Å²) in [5.74, 6) is -0.196. The van der Waals surface area contributed by atoms with Crippen LogP contribution in [0.5, 0.6) is 0 Å². The molecule has 0 bridgehead atoms. The standard InChI is InChI=1S/C17H21N3O3/c1-18-8-10-19(11-9-18)17(23)14-4-2-13(3-5-14)12-20-15(21)6-7-16(20)22/h2-5H,6-12H2,1H3. The van der Waals surface area contributed by atoms with Gasteiger partial charge >= 0.3 is 0 Å². The molecule has 0 N–H and O–H groups in total. The Morgan fingerprint density at radius 3 is 2.09 bits per heavy atom. The van der Waals surface area contributed by atoms with Crippen molar-refractivity contribution in [2.75, 3.05) is 33.2 Å². The Hall–Kier alpha value is -2.21. The van der Waals surface area contributed by atoms with Crippen molar-refractivity contribution in [2.24, 2.45) is 0 Å². The third-order valence-corrected chi connectivity index (χ3v) is 4.49. The molecule has 23 heavy (non-hydrogen) atoms. The molecule has 1 aromatic carbocycles. The van der Waals surface area contributed by atoms with Crippen LogP contribution in [-0.4, -0.2) is 65.6 Å². The fourth-order valence-electron chi connectivity index (χ4n) is 2.93. The molecule has 2 aliphatic rings. The average Bonchev–Trinajstić information content (AvgIpc) is 2.87. The SMILES string of the molecule is CN1CCN(C(=O)c2ccc(CN3C(=O)CCC3=O)cc2)CC1. The van der Waals surface area contributed by atoms with E-state index in [0.717, 1.165) is 31.7 Å². The predicted molar refractivity (Wildman–Crippen MR) is 84.6 cm³/mol. The molecule has 0 unspecified atom stereocenters. The summed E-state index contributed by atoms with van der Waals surface area (Å²) < 4.78 is 0. The number of carbonyl (C=O) groups excluding carboxylic acids is 3. The third-order valence-electron chi connectivity index (χ3n) is 4.49. The molecule has 2 aliphatic heterocycles. The summed E-state index contributed by atoms with van der Waals surface area (Å²) in [5, 5.41) is 0. The van der Waals surface area contributed by atoms with E-state index in [4.69, 9.17) is 0 Å². The van der Waals surface area contributed by atoms with Crippen molar-refractivity contribution in [3.05, 3.63) is 35.4 Å². The van der Waals surface area contributed by atoms with Crippen LogP contribution in [0.2, 0.25) is 0 Å². The van der Waals surface area contributed by atoms with Gasteiger partial charge in [-0.15, -0.1) is 0 Å². The Labute approximate surface area is 135 Å². The van der Waals surface area contributed by atoms with Gasteiger partial charge in [0.2, 0.25) is 11.8 Å². The lowest BCUT2D eigenvalue weighted by molar-refractivity contribution is -0.139. The van der Waals surface area contributed by atoms with Gasteiger partial charge in [-0.1, -0.05) is 12.1 Å². The van der Waals surface area contributed by atoms with Crippen LogP contribution in [0.1, 0.15) is 28.8 Å². The smallest absolute Gasteiger partial charge is 0.253 e. The summed E-state index contributed by atoms with van der Waals surface area (Å²) >= 11 is 0. The van der Waals surface area contributed by atoms with Crippen molar-refractivity contribution in [3.8, 4) is 0 Å². The number of piperazine rings is 1. The molecule has 0 radical (unpaired) electrons. The van der Waals surface area contributed by atoms with E-state index in [0.29, 0.717) is 24.9 Å². The van der Waals surface area contributed by atoms with Gasteiger partial charge in [0.25, 0.3) is 5.91 Å². The minimum absolute atomic E-state index is 0.0398. The third kappa shape index (κ3) is 3.42. The number of likely N-dealkylation sites (N-methyl/N-ethyl adjacent to an activating group) is 1. The Morgan fingerprint density at radius 1 is 0.957 bits per heavy atom. The summed E-state index contributed by atoms with van der Waals surface area (Å²) in [7, 11) is 2.05. The van der Waals surface area contributed by atoms with Crippen molar-refractivity contribution in [1.82, 2.24) is 14.7 Å². The number of benzene rings is 1. The Bertz CT molecular complexity index is 602. The first kappa shape index (κ1) is 15.7. The van der Waals surface area contributed by atoms with Crippen LogP contribution in [0.15, 0.2) is 24.3 Å². The van der Waals surface area contributed by atoms with Crippen molar-refractivity contribution < 1.29 is 14.4 Å². The summed E-state index contributed by atoms with van der Waals surface area (Å²) in [5.41, 5.74) is 1.51. The molecule has 6 nitrogen and oxygen atoms in total. The zero-order valence-corrected chi connectivity index (χ0v) is 13.3. The van der Waals surface area contributed by atoms with E-state index < -0.39 is 0 Å². The zero-order chi connectivity index (χ0) is 16.4. The minimum atomic E-state index is -0.118. The number of imide groups is 1. The Balaban J connectivity index is 1.64. The molecule has 2 heterocycles.